The highest BCUT2D eigenvalue weighted by atomic mass is 16.5. The second kappa shape index (κ2) is 7.83. The average Bonchev–Trinajstić information content (AvgIpc) is 3.22. The molecule has 4 heterocycles. The molecule has 5 rings (SSSR count). The molecule has 2 aliphatic rings. The van der Waals surface area contributed by atoms with Crippen LogP contribution in [0.1, 0.15) is 13.8 Å². The number of nitrogens with zero attached hydrogens (tertiary/aromatic N) is 4. The molecule has 156 valence electrons. The fraction of sp³-hybridized carbons (Fsp3) is 0.381. The van der Waals surface area contributed by atoms with E-state index in [0.717, 1.165) is 54.3 Å². The van der Waals surface area contributed by atoms with Crippen molar-refractivity contribution in [2.45, 2.75) is 20.0 Å². The Labute approximate surface area is 175 Å². The van der Waals surface area contributed by atoms with Crippen LogP contribution in [0.25, 0.3) is 10.9 Å². The van der Waals surface area contributed by atoms with E-state index >= 15 is 0 Å². The first-order valence-electron chi connectivity index (χ1n) is 10.4. The minimum Gasteiger partial charge on any atom is -0.473 e. The number of nitrogens with one attached hydrogen (secondary N) is 4. The molecule has 0 spiro atoms. The molecule has 0 bridgehead atoms. The normalized spacial score (nSPS) is 15.6. The van der Waals surface area contributed by atoms with E-state index in [1.54, 1.807) is 0 Å². The molecule has 9 nitrogen and oxygen atoms in total. The van der Waals surface area contributed by atoms with Gasteiger partial charge in [-0.15, -0.1) is 0 Å². The summed E-state index contributed by atoms with van der Waals surface area (Å²) in [6.45, 7) is 8.53. The molecule has 0 aliphatic carbocycles. The highest BCUT2D eigenvalue weighted by Crippen LogP contribution is 2.35. The van der Waals surface area contributed by atoms with E-state index in [0.29, 0.717) is 18.5 Å². The number of hydrogen-bond donors (Lipinski definition) is 4. The van der Waals surface area contributed by atoms with Crippen molar-refractivity contribution in [1.29, 1.82) is 0 Å². The Hall–Kier alpha value is -3.33. The van der Waals surface area contributed by atoms with E-state index < -0.39 is 0 Å². The predicted molar refractivity (Wildman–Crippen MR) is 120 cm³/mol. The third-order valence-corrected chi connectivity index (χ3v) is 5.18. The van der Waals surface area contributed by atoms with Crippen LogP contribution in [0.15, 0.2) is 30.5 Å². The summed E-state index contributed by atoms with van der Waals surface area (Å²) in [6, 6.07) is 8.24. The van der Waals surface area contributed by atoms with Gasteiger partial charge in [0.05, 0.1) is 18.3 Å². The summed E-state index contributed by atoms with van der Waals surface area (Å²) in [5.41, 5.74) is 3.89. The maximum absolute atomic E-state index is 5.89. The zero-order valence-corrected chi connectivity index (χ0v) is 17.2. The average molecular weight is 406 g/mol. The molecule has 0 atom stereocenters. The van der Waals surface area contributed by atoms with Gasteiger partial charge in [-0.05, 0) is 38.1 Å². The van der Waals surface area contributed by atoms with Gasteiger partial charge in [0.2, 0.25) is 11.8 Å². The molecular weight excluding hydrogens is 380 g/mol. The molecule has 1 aromatic carbocycles. The van der Waals surface area contributed by atoms with Crippen LogP contribution in [0.4, 0.5) is 28.8 Å². The van der Waals surface area contributed by atoms with E-state index in [9.17, 15) is 0 Å². The zero-order chi connectivity index (χ0) is 20.5. The van der Waals surface area contributed by atoms with Crippen LogP contribution < -0.4 is 30.9 Å². The number of hydrogen-bond acceptors (Lipinski definition) is 9. The Morgan fingerprint density at radius 2 is 1.97 bits per heavy atom. The van der Waals surface area contributed by atoms with Crippen molar-refractivity contribution in [2.24, 2.45) is 0 Å². The van der Waals surface area contributed by atoms with Gasteiger partial charge in [-0.25, -0.2) is 0 Å². The van der Waals surface area contributed by atoms with Crippen LogP contribution in [0.3, 0.4) is 0 Å². The van der Waals surface area contributed by atoms with E-state index in [1.165, 1.54) is 5.69 Å². The van der Waals surface area contributed by atoms with E-state index in [-0.39, 0.29) is 6.10 Å². The molecule has 0 radical (unpaired) electrons. The lowest BCUT2D eigenvalue weighted by atomic mass is 10.1. The zero-order valence-electron chi connectivity index (χ0n) is 17.2. The van der Waals surface area contributed by atoms with Gasteiger partial charge >= 0.3 is 0 Å². The minimum atomic E-state index is 0.0209. The smallest absolute Gasteiger partial charge is 0.244 e. The molecule has 2 aromatic heterocycles. The third-order valence-electron chi connectivity index (χ3n) is 5.18. The van der Waals surface area contributed by atoms with E-state index in [4.69, 9.17) is 4.74 Å². The first-order valence-corrected chi connectivity index (χ1v) is 10.4. The number of aromatic nitrogens is 3. The van der Waals surface area contributed by atoms with Crippen molar-refractivity contribution >= 4 is 39.7 Å². The van der Waals surface area contributed by atoms with Crippen molar-refractivity contribution < 1.29 is 4.74 Å². The number of rotatable bonds is 5. The van der Waals surface area contributed by atoms with E-state index in [2.05, 4.69) is 53.3 Å². The number of pyridine rings is 1. The predicted octanol–water partition coefficient (Wildman–Crippen LogP) is 2.76. The van der Waals surface area contributed by atoms with Crippen molar-refractivity contribution in [1.82, 2.24) is 20.3 Å². The van der Waals surface area contributed by atoms with Crippen LogP contribution in [0.2, 0.25) is 0 Å². The molecule has 0 amide bonds. The monoisotopic (exact) mass is 406 g/mol. The summed E-state index contributed by atoms with van der Waals surface area (Å²) in [4.78, 5) is 16.1. The largest absolute Gasteiger partial charge is 0.473 e. The third kappa shape index (κ3) is 3.63. The maximum atomic E-state index is 5.89. The Balaban J connectivity index is 1.48. The molecule has 30 heavy (non-hydrogen) atoms. The molecule has 2 aliphatic heterocycles. The Morgan fingerprint density at radius 1 is 1.10 bits per heavy atom. The molecule has 4 N–H and O–H groups in total. The van der Waals surface area contributed by atoms with E-state index in [1.807, 2.05) is 32.2 Å². The van der Waals surface area contributed by atoms with Gasteiger partial charge in [0, 0.05) is 49.1 Å². The molecule has 3 aromatic rings. The number of ether oxygens (including phenoxy) is 1. The highest BCUT2D eigenvalue weighted by molar-refractivity contribution is 5.94. The minimum absolute atomic E-state index is 0.0209. The fourth-order valence-electron chi connectivity index (χ4n) is 3.83. The van der Waals surface area contributed by atoms with Gasteiger partial charge in [0.25, 0.3) is 0 Å². The standard InChI is InChI=1S/C21H26N8O/c1-13(2)30-20-18-19(25-12-24-18)27-21(28-20)26-14-3-4-16-15(11-14)17(5-6-23-16)29-9-7-22-8-10-29/h3-6,11,13,22,24H,7-10,12H2,1-2H3,(H2,25,26,27,28). The van der Waals surface area contributed by atoms with Crippen LogP contribution >= 0.6 is 0 Å². The number of benzene rings is 1. The maximum Gasteiger partial charge on any atom is 0.244 e. The molecule has 1 fully saturated rings. The fourth-order valence-corrected chi connectivity index (χ4v) is 3.83. The van der Waals surface area contributed by atoms with Crippen molar-refractivity contribution in [3.63, 3.8) is 0 Å². The van der Waals surface area contributed by atoms with Crippen LogP contribution in [0.5, 0.6) is 5.88 Å². The van der Waals surface area contributed by atoms with Gasteiger partial charge in [0.15, 0.2) is 5.82 Å². The second-order valence-electron chi connectivity index (χ2n) is 7.70. The van der Waals surface area contributed by atoms with Crippen LogP contribution in [-0.4, -0.2) is 53.9 Å². The van der Waals surface area contributed by atoms with Crippen LogP contribution in [0, 0.1) is 0 Å². The summed E-state index contributed by atoms with van der Waals surface area (Å²) in [5.74, 6) is 1.78. The topological polar surface area (TPSA) is 99.3 Å². The van der Waals surface area contributed by atoms with Crippen LogP contribution in [-0.2, 0) is 0 Å². The first kappa shape index (κ1) is 18.7. The quantitative estimate of drug-likeness (QED) is 0.510. The SMILES string of the molecule is CC(C)Oc1nc(Nc2ccc3nccc(N4CCNCC4)c3c2)nc2c1NCN2. The van der Waals surface area contributed by atoms with Crippen molar-refractivity contribution in [3.05, 3.63) is 30.5 Å². The molecule has 1 saturated heterocycles. The number of piperazine rings is 1. The molecule has 9 heteroatoms. The van der Waals surface area contributed by atoms with Gasteiger partial charge < -0.3 is 30.9 Å². The molecular formula is C21H26N8O. The summed E-state index contributed by atoms with van der Waals surface area (Å²) in [6.07, 6.45) is 1.90. The van der Waals surface area contributed by atoms with Crippen molar-refractivity contribution in [3.8, 4) is 5.88 Å². The first-order chi connectivity index (χ1) is 14.7. The number of fused-ring (bicyclic) bond motifs is 2. The summed E-state index contributed by atoms with van der Waals surface area (Å²) >= 11 is 0. The molecule has 0 saturated carbocycles. The second-order valence-corrected chi connectivity index (χ2v) is 7.70. The summed E-state index contributed by atoms with van der Waals surface area (Å²) in [7, 11) is 0. The lowest BCUT2D eigenvalue weighted by Crippen LogP contribution is -2.43. The number of anilines is 5. The van der Waals surface area contributed by atoms with Gasteiger partial charge in [-0.3, -0.25) is 4.98 Å². The summed E-state index contributed by atoms with van der Waals surface area (Å²) < 4.78 is 5.89. The van der Waals surface area contributed by atoms with Gasteiger partial charge in [0.1, 0.15) is 5.69 Å². The molecule has 0 unspecified atom stereocenters. The van der Waals surface area contributed by atoms with Gasteiger partial charge in [-0.1, -0.05) is 0 Å². The summed E-state index contributed by atoms with van der Waals surface area (Å²) in [5, 5.41) is 14.3. The lowest BCUT2D eigenvalue weighted by Gasteiger charge is -2.30. The Kier molecular flexibility index (Phi) is 4.88. The Bertz CT molecular complexity index is 1060. The van der Waals surface area contributed by atoms with Gasteiger partial charge in [-0.2, -0.15) is 9.97 Å². The Morgan fingerprint density at radius 3 is 2.80 bits per heavy atom. The van der Waals surface area contributed by atoms with Crippen molar-refractivity contribution in [2.75, 3.05) is 53.7 Å². The lowest BCUT2D eigenvalue weighted by molar-refractivity contribution is 0.234. The highest BCUT2D eigenvalue weighted by Gasteiger charge is 2.21.